The summed E-state index contributed by atoms with van der Waals surface area (Å²) in [5.74, 6) is 1.53. The van der Waals surface area contributed by atoms with Gasteiger partial charge < -0.3 is 20.3 Å². The second-order valence-corrected chi connectivity index (χ2v) is 8.42. The molecule has 0 radical (unpaired) electrons. The summed E-state index contributed by atoms with van der Waals surface area (Å²) in [6, 6.07) is 0.308. The maximum atomic E-state index is 12.6. The van der Waals surface area contributed by atoms with Gasteiger partial charge in [-0.05, 0) is 43.9 Å². The Kier molecular flexibility index (Phi) is 9.11. The zero-order valence-electron chi connectivity index (χ0n) is 17.0. The number of ether oxygens (including phenoxy) is 1. The standard InChI is InChI=1S/C20H36N4O2.HI/c1-21-19(22-15-20(9-5-10-20)11-13-26-2)23-17-8-12-24(14-17)18(25)16-6-3-4-7-16;/h16-17H,3-15H2,1-2H3,(H2,21,22,23);1H. The lowest BCUT2D eigenvalue weighted by atomic mass is 9.67. The monoisotopic (exact) mass is 492 g/mol. The molecule has 2 aliphatic carbocycles. The van der Waals surface area contributed by atoms with Crippen molar-refractivity contribution in [1.82, 2.24) is 15.5 Å². The van der Waals surface area contributed by atoms with E-state index in [9.17, 15) is 4.79 Å². The number of halogens is 1. The van der Waals surface area contributed by atoms with E-state index in [1.165, 1.54) is 32.1 Å². The maximum Gasteiger partial charge on any atom is 0.225 e. The molecule has 1 saturated heterocycles. The van der Waals surface area contributed by atoms with Crippen LogP contribution in [-0.2, 0) is 9.53 Å². The smallest absolute Gasteiger partial charge is 0.225 e. The number of amides is 1. The van der Waals surface area contributed by atoms with E-state index in [0.29, 0.717) is 17.4 Å². The van der Waals surface area contributed by atoms with Crippen LogP contribution >= 0.6 is 24.0 Å². The Balaban J connectivity index is 0.00000261. The molecule has 0 aromatic heterocycles. The van der Waals surface area contributed by atoms with Crippen molar-refractivity contribution in [3.05, 3.63) is 0 Å². The van der Waals surface area contributed by atoms with Crippen LogP contribution in [-0.4, -0.2) is 63.2 Å². The molecule has 6 nitrogen and oxygen atoms in total. The van der Waals surface area contributed by atoms with Crippen LogP contribution in [0.25, 0.3) is 0 Å². The van der Waals surface area contributed by atoms with Crippen molar-refractivity contribution < 1.29 is 9.53 Å². The van der Waals surface area contributed by atoms with Crippen LogP contribution in [0.4, 0.5) is 0 Å². The highest BCUT2D eigenvalue weighted by Crippen LogP contribution is 2.43. The summed E-state index contributed by atoms with van der Waals surface area (Å²) in [5, 5.41) is 7.06. The zero-order valence-corrected chi connectivity index (χ0v) is 19.3. The molecule has 1 aliphatic heterocycles. The minimum atomic E-state index is 0. The number of aliphatic imine (C=N–C) groups is 1. The van der Waals surface area contributed by atoms with Gasteiger partial charge in [0.2, 0.25) is 5.91 Å². The second-order valence-electron chi connectivity index (χ2n) is 8.42. The first kappa shape index (κ1) is 22.7. The third-order valence-corrected chi connectivity index (χ3v) is 6.65. The average Bonchev–Trinajstić information content (AvgIpc) is 3.30. The fourth-order valence-electron chi connectivity index (χ4n) is 4.68. The molecule has 2 N–H and O–H groups in total. The SMILES string of the molecule is CN=C(NCC1(CCOC)CCC1)NC1CCN(C(=O)C2CCCC2)C1.I. The molecular weight excluding hydrogens is 455 g/mol. The van der Waals surface area contributed by atoms with Gasteiger partial charge in [-0.2, -0.15) is 0 Å². The van der Waals surface area contributed by atoms with Crippen molar-refractivity contribution in [2.24, 2.45) is 16.3 Å². The van der Waals surface area contributed by atoms with Gasteiger partial charge in [-0.15, -0.1) is 24.0 Å². The molecule has 3 fully saturated rings. The van der Waals surface area contributed by atoms with Gasteiger partial charge in [-0.3, -0.25) is 9.79 Å². The summed E-state index contributed by atoms with van der Waals surface area (Å²) >= 11 is 0. The second kappa shape index (κ2) is 10.8. The lowest BCUT2D eigenvalue weighted by Crippen LogP contribution is -2.50. The van der Waals surface area contributed by atoms with Crippen LogP contribution in [0.1, 0.15) is 57.8 Å². The van der Waals surface area contributed by atoms with Crippen LogP contribution in [0.5, 0.6) is 0 Å². The molecule has 156 valence electrons. The fourth-order valence-corrected chi connectivity index (χ4v) is 4.68. The summed E-state index contributed by atoms with van der Waals surface area (Å²) in [6.07, 6.45) is 10.6. The number of hydrogen-bond acceptors (Lipinski definition) is 3. The first-order valence-electron chi connectivity index (χ1n) is 10.4. The molecule has 0 spiro atoms. The highest BCUT2D eigenvalue weighted by Gasteiger charge is 2.37. The van der Waals surface area contributed by atoms with E-state index in [4.69, 9.17) is 4.74 Å². The molecule has 7 heteroatoms. The predicted octanol–water partition coefficient (Wildman–Crippen LogP) is 2.77. The third-order valence-electron chi connectivity index (χ3n) is 6.65. The number of rotatable bonds is 7. The Morgan fingerprint density at radius 3 is 2.56 bits per heavy atom. The molecule has 0 aromatic rings. The van der Waals surface area contributed by atoms with E-state index < -0.39 is 0 Å². The van der Waals surface area contributed by atoms with Gasteiger partial charge in [0.25, 0.3) is 0 Å². The molecule has 1 amide bonds. The van der Waals surface area contributed by atoms with E-state index in [1.54, 1.807) is 7.11 Å². The first-order valence-corrected chi connectivity index (χ1v) is 10.4. The molecule has 2 saturated carbocycles. The largest absolute Gasteiger partial charge is 0.385 e. The van der Waals surface area contributed by atoms with Crippen LogP contribution < -0.4 is 10.6 Å². The van der Waals surface area contributed by atoms with E-state index in [1.807, 2.05) is 7.05 Å². The van der Waals surface area contributed by atoms with Crippen molar-refractivity contribution in [1.29, 1.82) is 0 Å². The topological polar surface area (TPSA) is 66.0 Å². The Morgan fingerprint density at radius 2 is 1.96 bits per heavy atom. The van der Waals surface area contributed by atoms with Gasteiger partial charge in [0.05, 0.1) is 0 Å². The van der Waals surface area contributed by atoms with Gasteiger partial charge in [0, 0.05) is 52.4 Å². The molecule has 1 heterocycles. The summed E-state index contributed by atoms with van der Waals surface area (Å²) in [4.78, 5) is 19.1. The maximum absolute atomic E-state index is 12.6. The molecule has 3 aliphatic rings. The van der Waals surface area contributed by atoms with Crippen molar-refractivity contribution in [2.45, 2.75) is 63.8 Å². The van der Waals surface area contributed by atoms with Crippen molar-refractivity contribution >= 4 is 35.8 Å². The van der Waals surface area contributed by atoms with Crippen molar-refractivity contribution in [2.75, 3.05) is 40.4 Å². The Bertz CT molecular complexity index is 504. The quantitative estimate of drug-likeness (QED) is 0.326. The van der Waals surface area contributed by atoms with E-state index >= 15 is 0 Å². The van der Waals surface area contributed by atoms with Gasteiger partial charge in [0.15, 0.2) is 5.96 Å². The third kappa shape index (κ3) is 5.95. The molecule has 3 rings (SSSR count). The molecule has 1 unspecified atom stereocenters. The minimum absolute atomic E-state index is 0. The molecule has 0 bridgehead atoms. The van der Waals surface area contributed by atoms with E-state index in [-0.39, 0.29) is 29.9 Å². The highest BCUT2D eigenvalue weighted by molar-refractivity contribution is 14.0. The Labute approximate surface area is 181 Å². The normalized spacial score (nSPS) is 25.0. The number of methoxy groups -OCH3 is 1. The number of likely N-dealkylation sites (tertiary alicyclic amines) is 1. The summed E-state index contributed by atoms with van der Waals surface area (Å²) in [7, 11) is 3.60. The number of carbonyl (C=O) groups excluding carboxylic acids is 1. The van der Waals surface area contributed by atoms with Crippen molar-refractivity contribution in [3.63, 3.8) is 0 Å². The van der Waals surface area contributed by atoms with Crippen LogP contribution in [0.2, 0.25) is 0 Å². The van der Waals surface area contributed by atoms with Gasteiger partial charge in [-0.25, -0.2) is 0 Å². The fraction of sp³-hybridized carbons (Fsp3) is 0.900. The van der Waals surface area contributed by atoms with E-state index in [0.717, 1.165) is 57.9 Å². The summed E-state index contributed by atoms with van der Waals surface area (Å²) in [5.41, 5.74) is 0.369. The summed E-state index contributed by atoms with van der Waals surface area (Å²) in [6.45, 7) is 3.47. The van der Waals surface area contributed by atoms with Crippen LogP contribution in [0.3, 0.4) is 0 Å². The van der Waals surface area contributed by atoms with Gasteiger partial charge >= 0.3 is 0 Å². The lowest BCUT2D eigenvalue weighted by Gasteiger charge is -2.42. The van der Waals surface area contributed by atoms with Gasteiger partial charge in [0.1, 0.15) is 0 Å². The highest BCUT2D eigenvalue weighted by atomic mass is 127. The Morgan fingerprint density at radius 1 is 1.22 bits per heavy atom. The van der Waals surface area contributed by atoms with Crippen molar-refractivity contribution in [3.8, 4) is 0 Å². The number of guanidine groups is 1. The van der Waals surface area contributed by atoms with Gasteiger partial charge in [-0.1, -0.05) is 19.3 Å². The summed E-state index contributed by atoms with van der Waals surface area (Å²) < 4.78 is 5.28. The van der Waals surface area contributed by atoms with E-state index in [2.05, 4.69) is 20.5 Å². The average molecular weight is 492 g/mol. The first-order chi connectivity index (χ1) is 12.7. The molecule has 27 heavy (non-hydrogen) atoms. The molecular formula is C20H37IN4O2. The Hall–Kier alpha value is -0.570. The van der Waals surface area contributed by atoms with Crippen LogP contribution in [0, 0.1) is 11.3 Å². The molecule has 1 atom stereocenters. The van der Waals surface area contributed by atoms with Crippen LogP contribution in [0.15, 0.2) is 4.99 Å². The molecule has 0 aromatic carbocycles. The zero-order chi connectivity index (χ0) is 18.4. The number of nitrogens with one attached hydrogen (secondary N) is 2. The number of hydrogen-bond donors (Lipinski definition) is 2. The predicted molar refractivity (Wildman–Crippen MR) is 120 cm³/mol. The number of carbonyl (C=O) groups is 1. The number of nitrogens with zero attached hydrogens (tertiary/aromatic N) is 2. The lowest BCUT2D eigenvalue weighted by molar-refractivity contribution is -0.134. The minimum Gasteiger partial charge on any atom is -0.385 e.